The minimum Gasteiger partial charge on any atom is -0.368 e. The summed E-state index contributed by atoms with van der Waals surface area (Å²) in [6, 6.07) is 3.21. The first-order chi connectivity index (χ1) is 12.5. The molecule has 26 heavy (non-hydrogen) atoms. The number of urea groups is 1. The monoisotopic (exact) mass is 371 g/mol. The van der Waals surface area contributed by atoms with Gasteiger partial charge in [-0.25, -0.2) is 9.78 Å². The number of thiazole rings is 1. The van der Waals surface area contributed by atoms with Crippen molar-refractivity contribution >= 4 is 28.4 Å². The zero-order valence-electron chi connectivity index (χ0n) is 14.6. The summed E-state index contributed by atoms with van der Waals surface area (Å²) in [4.78, 5) is 35.2. The molecule has 3 N–H and O–H groups in total. The molecule has 1 aliphatic heterocycles. The number of rotatable bonds is 4. The summed E-state index contributed by atoms with van der Waals surface area (Å²) in [6.45, 7) is 2.76. The quantitative estimate of drug-likeness (QED) is 0.863. The molecule has 7 nitrogen and oxygen atoms in total. The van der Waals surface area contributed by atoms with Crippen LogP contribution in [-0.2, 0) is 10.2 Å². The molecule has 4 rings (SSSR count). The van der Waals surface area contributed by atoms with E-state index < -0.39 is 11.9 Å². The van der Waals surface area contributed by atoms with Crippen LogP contribution in [0, 0.1) is 0 Å². The van der Waals surface area contributed by atoms with Gasteiger partial charge in [0.2, 0.25) is 5.91 Å². The van der Waals surface area contributed by atoms with E-state index in [1.165, 1.54) is 29.1 Å². The lowest BCUT2D eigenvalue weighted by Crippen LogP contribution is -2.45. The fraction of sp³-hybridized carbons (Fsp3) is 0.444. The highest BCUT2D eigenvalue weighted by atomic mass is 32.1. The van der Waals surface area contributed by atoms with E-state index in [0.717, 1.165) is 22.6 Å². The van der Waals surface area contributed by atoms with Crippen LogP contribution in [-0.4, -0.2) is 39.4 Å². The number of likely N-dealkylation sites (tertiary alicyclic amines) is 1. The van der Waals surface area contributed by atoms with Crippen LogP contribution in [0.4, 0.5) is 9.93 Å². The maximum absolute atomic E-state index is 12.4. The highest BCUT2D eigenvalue weighted by Gasteiger charge is 2.40. The highest BCUT2D eigenvalue weighted by Crippen LogP contribution is 2.47. The second kappa shape index (κ2) is 6.35. The molecule has 2 fully saturated rings. The molecule has 2 aromatic rings. The minimum atomic E-state index is -0.531. The molecule has 3 heterocycles. The Morgan fingerprint density at radius 3 is 2.92 bits per heavy atom. The number of amides is 3. The van der Waals surface area contributed by atoms with Gasteiger partial charge >= 0.3 is 6.03 Å². The Hall–Kier alpha value is -2.48. The van der Waals surface area contributed by atoms with Gasteiger partial charge in [0.05, 0.1) is 4.88 Å². The van der Waals surface area contributed by atoms with Gasteiger partial charge in [-0.1, -0.05) is 18.3 Å². The Morgan fingerprint density at radius 2 is 2.19 bits per heavy atom. The largest absolute Gasteiger partial charge is 0.368 e. The molecule has 136 valence electrons. The third-order valence-electron chi connectivity index (χ3n) is 5.22. The van der Waals surface area contributed by atoms with E-state index >= 15 is 0 Å². The van der Waals surface area contributed by atoms with Crippen molar-refractivity contribution < 1.29 is 9.59 Å². The van der Waals surface area contributed by atoms with Gasteiger partial charge in [0.15, 0.2) is 5.13 Å². The number of hydrogen-bond donors (Lipinski definition) is 2. The lowest BCUT2D eigenvalue weighted by Gasteiger charge is -2.21. The maximum Gasteiger partial charge on any atom is 0.324 e. The van der Waals surface area contributed by atoms with Crippen molar-refractivity contribution in [2.75, 3.05) is 11.9 Å². The van der Waals surface area contributed by atoms with Gasteiger partial charge in [0, 0.05) is 30.0 Å². The van der Waals surface area contributed by atoms with Crippen LogP contribution >= 0.6 is 11.3 Å². The van der Waals surface area contributed by atoms with Gasteiger partial charge < -0.3 is 10.6 Å². The number of nitrogens with two attached hydrogens (primary N) is 1. The molecule has 0 radical (unpaired) electrons. The lowest BCUT2D eigenvalue weighted by atomic mass is 10.0. The Kier molecular flexibility index (Phi) is 4.14. The zero-order chi connectivity index (χ0) is 18.3. The molecule has 1 saturated carbocycles. The summed E-state index contributed by atoms with van der Waals surface area (Å²) in [5.74, 6) is -0.463. The summed E-state index contributed by atoms with van der Waals surface area (Å²) in [5, 5.41) is 3.30. The van der Waals surface area contributed by atoms with Crippen LogP contribution in [0.1, 0.15) is 38.3 Å². The van der Waals surface area contributed by atoms with Crippen LogP contribution in [0.5, 0.6) is 0 Å². The van der Waals surface area contributed by atoms with Crippen LogP contribution < -0.4 is 11.1 Å². The Labute approximate surface area is 155 Å². The number of primary amides is 1. The number of carbonyl (C=O) groups excluding carboxylic acids is 2. The Morgan fingerprint density at radius 1 is 1.38 bits per heavy atom. The molecule has 1 aliphatic carbocycles. The maximum atomic E-state index is 12.4. The summed E-state index contributed by atoms with van der Waals surface area (Å²) in [6.07, 6.45) is 7.32. The first-order valence-corrected chi connectivity index (χ1v) is 9.58. The summed E-state index contributed by atoms with van der Waals surface area (Å²) >= 11 is 1.41. The van der Waals surface area contributed by atoms with Crippen molar-refractivity contribution in [2.45, 2.75) is 44.1 Å². The number of aromatic nitrogens is 2. The average molecular weight is 371 g/mol. The Balaban J connectivity index is 1.48. The van der Waals surface area contributed by atoms with Gasteiger partial charge in [-0.15, -0.1) is 0 Å². The van der Waals surface area contributed by atoms with Gasteiger partial charge in [-0.2, -0.15) is 0 Å². The predicted octanol–water partition coefficient (Wildman–Crippen LogP) is 2.74. The molecule has 8 heteroatoms. The SMILES string of the molecule is CC1(c2cc(-c3cnc(NC(=O)N4CCCC4C(N)=O)s3)ccn2)CC1. The molecule has 0 bridgehead atoms. The molecular weight excluding hydrogens is 350 g/mol. The van der Waals surface area contributed by atoms with Crippen molar-refractivity contribution in [3.8, 4) is 10.4 Å². The smallest absolute Gasteiger partial charge is 0.324 e. The standard InChI is InChI=1S/C18H21N5O2S/c1-18(5-6-18)14-9-11(4-7-20-14)13-10-21-16(26-13)22-17(25)23-8-2-3-12(23)15(19)24/h4,7,9-10,12H,2-3,5-6,8H2,1H3,(H2,19,24)(H,21,22,25). The highest BCUT2D eigenvalue weighted by molar-refractivity contribution is 7.19. The third-order valence-corrected chi connectivity index (χ3v) is 6.19. The molecule has 0 spiro atoms. The first kappa shape index (κ1) is 17.0. The normalized spacial score (nSPS) is 20.8. The molecule has 1 unspecified atom stereocenters. The van der Waals surface area contributed by atoms with E-state index in [9.17, 15) is 9.59 Å². The number of pyridine rings is 1. The number of nitrogens with zero attached hydrogens (tertiary/aromatic N) is 3. The van der Waals surface area contributed by atoms with Crippen molar-refractivity contribution in [2.24, 2.45) is 5.73 Å². The molecule has 1 saturated heterocycles. The summed E-state index contributed by atoms with van der Waals surface area (Å²) in [5.41, 5.74) is 7.74. The topological polar surface area (TPSA) is 101 Å². The van der Waals surface area contributed by atoms with Crippen LogP contribution in [0.2, 0.25) is 0 Å². The number of anilines is 1. The van der Waals surface area contributed by atoms with E-state index in [1.54, 1.807) is 6.20 Å². The number of hydrogen-bond acceptors (Lipinski definition) is 5. The van der Waals surface area contributed by atoms with Crippen molar-refractivity contribution in [3.63, 3.8) is 0 Å². The van der Waals surface area contributed by atoms with Gasteiger partial charge in [-0.05, 0) is 43.4 Å². The van der Waals surface area contributed by atoms with Gasteiger partial charge in [-0.3, -0.25) is 15.1 Å². The fourth-order valence-electron chi connectivity index (χ4n) is 3.29. The Bertz CT molecular complexity index is 861. The zero-order valence-corrected chi connectivity index (χ0v) is 15.4. The molecule has 3 amide bonds. The van der Waals surface area contributed by atoms with E-state index in [4.69, 9.17) is 5.73 Å². The van der Waals surface area contributed by atoms with Crippen LogP contribution in [0.15, 0.2) is 24.5 Å². The number of nitrogens with one attached hydrogen (secondary N) is 1. The third kappa shape index (κ3) is 3.16. The average Bonchev–Trinajstić information content (AvgIpc) is 3.05. The minimum absolute atomic E-state index is 0.206. The molecule has 2 aliphatic rings. The van der Waals surface area contributed by atoms with Crippen molar-refractivity contribution in [1.29, 1.82) is 0 Å². The molecule has 2 aromatic heterocycles. The molecule has 0 aromatic carbocycles. The second-order valence-corrected chi connectivity index (χ2v) is 8.23. The van der Waals surface area contributed by atoms with E-state index in [1.807, 2.05) is 12.3 Å². The van der Waals surface area contributed by atoms with Crippen molar-refractivity contribution in [1.82, 2.24) is 14.9 Å². The van der Waals surface area contributed by atoms with E-state index in [0.29, 0.717) is 18.1 Å². The van der Waals surface area contributed by atoms with Gasteiger partial charge in [0.25, 0.3) is 0 Å². The van der Waals surface area contributed by atoms with E-state index in [2.05, 4.69) is 28.3 Å². The van der Waals surface area contributed by atoms with E-state index in [-0.39, 0.29) is 11.4 Å². The van der Waals surface area contributed by atoms with Crippen molar-refractivity contribution in [3.05, 3.63) is 30.2 Å². The molecular formula is C18H21N5O2S. The predicted molar refractivity (Wildman–Crippen MR) is 99.9 cm³/mol. The fourth-order valence-corrected chi connectivity index (χ4v) is 4.09. The number of carbonyl (C=O) groups is 2. The second-order valence-electron chi connectivity index (χ2n) is 7.20. The summed E-state index contributed by atoms with van der Waals surface area (Å²) in [7, 11) is 0. The van der Waals surface area contributed by atoms with Gasteiger partial charge in [0.1, 0.15) is 6.04 Å². The summed E-state index contributed by atoms with van der Waals surface area (Å²) < 4.78 is 0. The molecule has 1 atom stereocenters. The lowest BCUT2D eigenvalue weighted by molar-refractivity contribution is -0.121. The van der Waals surface area contributed by atoms with Crippen LogP contribution in [0.25, 0.3) is 10.4 Å². The van der Waals surface area contributed by atoms with Crippen LogP contribution in [0.3, 0.4) is 0 Å². The first-order valence-electron chi connectivity index (χ1n) is 8.76.